The summed E-state index contributed by atoms with van der Waals surface area (Å²) in [5.41, 5.74) is 1.13. The summed E-state index contributed by atoms with van der Waals surface area (Å²) in [4.78, 5) is 16.6. The van der Waals surface area contributed by atoms with Gasteiger partial charge in [0.05, 0.1) is 24.0 Å². The van der Waals surface area contributed by atoms with Crippen molar-refractivity contribution in [3.05, 3.63) is 39.6 Å². The minimum atomic E-state index is -3.68. The first-order chi connectivity index (χ1) is 13.8. The number of carbonyl (C=O) groups excluding carboxylic acids is 1. The van der Waals surface area contributed by atoms with Crippen LogP contribution in [0.3, 0.4) is 0 Å². The summed E-state index contributed by atoms with van der Waals surface area (Å²) < 4.78 is 37.8. The van der Waals surface area contributed by atoms with Crippen molar-refractivity contribution in [2.45, 2.75) is 25.2 Å². The maximum atomic E-state index is 13.0. The van der Waals surface area contributed by atoms with Gasteiger partial charge in [-0.3, -0.25) is 4.79 Å². The number of amides is 1. The molecule has 1 amide bonds. The molecule has 29 heavy (non-hydrogen) atoms. The van der Waals surface area contributed by atoms with E-state index in [1.807, 2.05) is 13.0 Å². The Morgan fingerprint density at radius 2 is 1.72 bits per heavy atom. The molecule has 1 aromatic heterocycles. The quantitative estimate of drug-likeness (QED) is 0.693. The van der Waals surface area contributed by atoms with Gasteiger partial charge < -0.3 is 14.4 Å². The zero-order valence-corrected chi connectivity index (χ0v) is 18.7. The standard InChI is InChI=1S/C20H26N2O5S2/c1-5-18-14(2)12-19(28-18)20(23)21-8-10-22(11-9-21)29(24,25)15-6-7-16(26-3)17(13-15)27-4/h6-7,12-13H,5,8-11H2,1-4H3. The van der Waals surface area contributed by atoms with E-state index in [0.29, 0.717) is 24.6 Å². The molecule has 1 aliphatic rings. The number of sulfonamides is 1. The molecule has 9 heteroatoms. The topological polar surface area (TPSA) is 76.2 Å². The minimum Gasteiger partial charge on any atom is -0.493 e. The van der Waals surface area contributed by atoms with Gasteiger partial charge in [-0.25, -0.2) is 8.42 Å². The van der Waals surface area contributed by atoms with E-state index in [1.54, 1.807) is 11.0 Å². The Bertz CT molecular complexity index is 992. The number of hydrogen-bond acceptors (Lipinski definition) is 6. The van der Waals surface area contributed by atoms with E-state index in [9.17, 15) is 13.2 Å². The first kappa shape index (κ1) is 21.6. The number of nitrogens with zero attached hydrogens (tertiary/aromatic N) is 2. The molecule has 7 nitrogen and oxygen atoms in total. The molecule has 0 bridgehead atoms. The van der Waals surface area contributed by atoms with Crippen molar-refractivity contribution in [3.63, 3.8) is 0 Å². The molecule has 0 unspecified atom stereocenters. The molecule has 0 aliphatic carbocycles. The van der Waals surface area contributed by atoms with Gasteiger partial charge in [0.15, 0.2) is 11.5 Å². The highest BCUT2D eigenvalue weighted by atomic mass is 32.2. The summed E-state index contributed by atoms with van der Waals surface area (Å²) >= 11 is 1.52. The van der Waals surface area contributed by atoms with Crippen molar-refractivity contribution < 1.29 is 22.7 Å². The molecule has 0 spiro atoms. The number of aryl methyl sites for hydroxylation is 2. The molecule has 0 saturated carbocycles. The van der Waals surface area contributed by atoms with Gasteiger partial charge in [-0.15, -0.1) is 11.3 Å². The Labute approximate surface area is 175 Å². The summed E-state index contributed by atoms with van der Waals surface area (Å²) in [5.74, 6) is 0.808. The lowest BCUT2D eigenvalue weighted by Gasteiger charge is -2.33. The fourth-order valence-electron chi connectivity index (χ4n) is 3.39. The molecular weight excluding hydrogens is 412 g/mol. The number of ether oxygens (including phenoxy) is 2. The van der Waals surface area contributed by atoms with E-state index >= 15 is 0 Å². The molecule has 1 aliphatic heterocycles. The summed E-state index contributed by atoms with van der Waals surface area (Å²) in [5, 5.41) is 0. The van der Waals surface area contributed by atoms with E-state index in [0.717, 1.165) is 16.9 Å². The van der Waals surface area contributed by atoms with Gasteiger partial charge >= 0.3 is 0 Å². The maximum absolute atomic E-state index is 13.0. The minimum absolute atomic E-state index is 0.0269. The number of rotatable bonds is 6. The number of benzene rings is 1. The predicted octanol–water partition coefficient (Wildman–Crippen LogP) is 2.78. The first-order valence-corrected chi connectivity index (χ1v) is 11.7. The predicted molar refractivity (Wildman–Crippen MR) is 113 cm³/mol. The molecule has 158 valence electrons. The van der Waals surface area contributed by atoms with Crippen LogP contribution in [0, 0.1) is 6.92 Å². The second-order valence-electron chi connectivity index (χ2n) is 6.78. The van der Waals surface area contributed by atoms with Crippen LogP contribution in [0.1, 0.15) is 27.0 Å². The fraction of sp³-hybridized carbons (Fsp3) is 0.450. The van der Waals surface area contributed by atoms with E-state index in [-0.39, 0.29) is 23.9 Å². The highest BCUT2D eigenvalue weighted by Crippen LogP contribution is 2.31. The van der Waals surface area contributed by atoms with Crippen LogP contribution in [0.15, 0.2) is 29.2 Å². The normalized spacial score (nSPS) is 15.4. The van der Waals surface area contributed by atoms with Crippen LogP contribution in [0.4, 0.5) is 0 Å². The van der Waals surface area contributed by atoms with Gasteiger partial charge in [-0.05, 0) is 37.1 Å². The first-order valence-electron chi connectivity index (χ1n) is 9.42. The Morgan fingerprint density at radius 1 is 1.07 bits per heavy atom. The van der Waals surface area contributed by atoms with E-state index < -0.39 is 10.0 Å². The van der Waals surface area contributed by atoms with Crippen LogP contribution in [0.2, 0.25) is 0 Å². The van der Waals surface area contributed by atoms with Crippen molar-refractivity contribution in [1.82, 2.24) is 9.21 Å². The molecule has 2 heterocycles. The second kappa shape index (κ2) is 8.73. The Hall–Kier alpha value is -2.10. The van der Waals surface area contributed by atoms with Crippen molar-refractivity contribution in [2.75, 3.05) is 40.4 Å². The summed E-state index contributed by atoms with van der Waals surface area (Å²) in [6.07, 6.45) is 0.904. The molecule has 0 atom stereocenters. The molecule has 2 aromatic rings. The van der Waals surface area contributed by atoms with Crippen LogP contribution < -0.4 is 9.47 Å². The lowest BCUT2D eigenvalue weighted by molar-refractivity contribution is 0.0702. The zero-order chi connectivity index (χ0) is 21.2. The van der Waals surface area contributed by atoms with Gasteiger partial charge in [-0.1, -0.05) is 6.92 Å². The Balaban J connectivity index is 1.71. The van der Waals surface area contributed by atoms with Crippen LogP contribution >= 0.6 is 11.3 Å². The van der Waals surface area contributed by atoms with Crippen LogP contribution in [-0.2, 0) is 16.4 Å². The number of thiophene rings is 1. The average Bonchev–Trinajstić information content (AvgIpc) is 3.13. The lowest BCUT2D eigenvalue weighted by Crippen LogP contribution is -2.50. The van der Waals surface area contributed by atoms with Crippen LogP contribution in [0.25, 0.3) is 0 Å². The van der Waals surface area contributed by atoms with E-state index in [1.165, 1.54) is 46.9 Å². The van der Waals surface area contributed by atoms with Crippen LogP contribution in [0.5, 0.6) is 11.5 Å². The van der Waals surface area contributed by atoms with E-state index in [4.69, 9.17) is 9.47 Å². The fourth-order valence-corrected chi connectivity index (χ4v) is 5.91. The second-order valence-corrected chi connectivity index (χ2v) is 9.86. The Kier molecular flexibility index (Phi) is 6.50. The molecule has 1 fully saturated rings. The molecule has 0 N–H and O–H groups in total. The van der Waals surface area contributed by atoms with Crippen molar-refractivity contribution in [3.8, 4) is 11.5 Å². The van der Waals surface area contributed by atoms with Crippen molar-refractivity contribution in [1.29, 1.82) is 0 Å². The van der Waals surface area contributed by atoms with Gasteiger partial charge in [0.2, 0.25) is 10.0 Å². The van der Waals surface area contributed by atoms with Gasteiger partial charge in [0, 0.05) is 37.1 Å². The molecular formula is C20H26N2O5S2. The van der Waals surface area contributed by atoms with Crippen molar-refractivity contribution in [2.24, 2.45) is 0 Å². The van der Waals surface area contributed by atoms with Crippen LogP contribution in [-0.4, -0.2) is 63.9 Å². The zero-order valence-electron chi connectivity index (χ0n) is 17.1. The third-order valence-corrected chi connectivity index (χ3v) is 8.34. The third kappa shape index (κ3) is 4.26. The van der Waals surface area contributed by atoms with Crippen molar-refractivity contribution >= 4 is 27.3 Å². The lowest BCUT2D eigenvalue weighted by atomic mass is 10.2. The Morgan fingerprint density at radius 3 is 2.28 bits per heavy atom. The molecule has 1 aromatic carbocycles. The van der Waals surface area contributed by atoms with Gasteiger partial charge in [-0.2, -0.15) is 4.31 Å². The van der Waals surface area contributed by atoms with E-state index in [2.05, 4.69) is 6.92 Å². The smallest absolute Gasteiger partial charge is 0.264 e. The summed E-state index contributed by atoms with van der Waals surface area (Å²) in [6, 6.07) is 6.48. The largest absolute Gasteiger partial charge is 0.493 e. The summed E-state index contributed by atoms with van der Waals surface area (Å²) in [7, 11) is -0.710. The number of piperazine rings is 1. The third-order valence-electron chi connectivity index (χ3n) is 5.07. The summed E-state index contributed by atoms with van der Waals surface area (Å²) in [6.45, 7) is 5.33. The molecule has 1 saturated heterocycles. The highest BCUT2D eigenvalue weighted by Gasteiger charge is 2.31. The molecule has 0 radical (unpaired) electrons. The molecule has 3 rings (SSSR count). The monoisotopic (exact) mass is 438 g/mol. The SMILES string of the molecule is CCc1sc(C(=O)N2CCN(S(=O)(=O)c3ccc(OC)c(OC)c3)CC2)cc1C. The van der Waals surface area contributed by atoms with Gasteiger partial charge in [0.1, 0.15) is 0 Å². The van der Waals surface area contributed by atoms with Gasteiger partial charge in [0.25, 0.3) is 5.91 Å². The number of hydrogen-bond donors (Lipinski definition) is 0. The highest BCUT2D eigenvalue weighted by molar-refractivity contribution is 7.89. The number of carbonyl (C=O) groups is 1. The maximum Gasteiger partial charge on any atom is 0.264 e. The number of methoxy groups -OCH3 is 2. The average molecular weight is 439 g/mol.